The van der Waals surface area contributed by atoms with Crippen LogP contribution in [0.4, 0.5) is 17.6 Å². The van der Waals surface area contributed by atoms with E-state index in [0.717, 1.165) is 0 Å². The highest BCUT2D eigenvalue weighted by molar-refractivity contribution is 5.19. The first kappa shape index (κ1) is 10.9. The summed E-state index contributed by atoms with van der Waals surface area (Å²) < 4.78 is 50.8. The summed E-state index contributed by atoms with van der Waals surface area (Å²) in [5.74, 6) is -6.82. The molecule has 0 fully saturated rings. The normalized spacial score (nSPS) is 13.0. The molecular weight excluding hydrogens is 202 g/mol. The lowest BCUT2D eigenvalue weighted by Crippen LogP contribution is -2.10. The van der Waals surface area contributed by atoms with E-state index in [2.05, 4.69) is 4.98 Å². The molecule has 1 rings (SSSR count). The van der Waals surface area contributed by atoms with Crippen molar-refractivity contribution in [2.75, 3.05) is 0 Å². The van der Waals surface area contributed by atoms with Crippen molar-refractivity contribution in [2.24, 2.45) is 0 Å². The summed E-state index contributed by atoms with van der Waals surface area (Å²) in [6.07, 6.45) is -1.64. The smallest absolute Gasteiger partial charge is 0.252 e. The second kappa shape index (κ2) is 3.91. The molecule has 0 aliphatic carbocycles. The molecule has 2 nitrogen and oxygen atoms in total. The summed E-state index contributed by atoms with van der Waals surface area (Å²) in [6, 6.07) is 0. The van der Waals surface area contributed by atoms with Gasteiger partial charge >= 0.3 is 0 Å². The third-order valence-electron chi connectivity index (χ3n) is 1.75. The lowest BCUT2D eigenvalue weighted by molar-refractivity contribution is 0.159. The number of aliphatic hydroxyl groups is 1. The topological polar surface area (TPSA) is 33.1 Å². The molecule has 1 N–H and O–H groups in total. The van der Waals surface area contributed by atoms with Gasteiger partial charge in [-0.2, -0.15) is 13.8 Å². The molecule has 0 spiro atoms. The molecule has 0 saturated carbocycles. The molecular formula is C8H7F4NO. The Morgan fingerprint density at radius 1 is 1.14 bits per heavy atom. The van der Waals surface area contributed by atoms with Crippen molar-refractivity contribution >= 4 is 0 Å². The van der Waals surface area contributed by atoms with Crippen LogP contribution in [0.2, 0.25) is 0 Å². The second-order valence-electron chi connectivity index (χ2n) is 2.66. The van der Waals surface area contributed by atoms with Crippen LogP contribution in [-0.4, -0.2) is 10.1 Å². The van der Waals surface area contributed by atoms with Crippen LogP contribution in [0.25, 0.3) is 0 Å². The Hall–Kier alpha value is -1.17. The molecule has 0 bridgehead atoms. The summed E-state index contributed by atoms with van der Waals surface area (Å²) in [5, 5.41) is 9.10. The van der Waals surface area contributed by atoms with Crippen LogP contribution in [0.5, 0.6) is 0 Å². The van der Waals surface area contributed by atoms with Crippen molar-refractivity contribution in [3.8, 4) is 0 Å². The van der Waals surface area contributed by atoms with Crippen LogP contribution < -0.4 is 0 Å². The van der Waals surface area contributed by atoms with Gasteiger partial charge in [-0.15, -0.1) is 0 Å². The second-order valence-corrected chi connectivity index (χ2v) is 2.66. The van der Waals surface area contributed by atoms with Crippen molar-refractivity contribution < 1.29 is 22.7 Å². The minimum Gasteiger partial charge on any atom is -0.388 e. The Bertz CT molecular complexity index is 329. The van der Waals surface area contributed by atoms with Gasteiger partial charge in [0.05, 0.1) is 11.7 Å². The Morgan fingerprint density at radius 2 is 1.57 bits per heavy atom. The molecule has 1 heterocycles. The number of pyridine rings is 1. The summed E-state index contributed by atoms with van der Waals surface area (Å²) in [5.41, 5.74) is -1.02. The van der Waals surface area contributed by atoms with Crippen molar-refractivity contribution in [3.63, 3.8) is 0 Å². The lowest BCUT2D eigenvalue weighted by Gasteiger charge is -2.10. The van der Waals surface area contributed by atoms with Gasteiger partial charge < -0.3 is 5.11 Å². The van der Waals surface area contributed by atoms with E-state index in [1.54, 1.807) is 0 Å². The molecule has 0 aliphatic heterocycles. The maximum absolute atomic E-state index is 12.9. The molecule has 14 heavy (non-hydrogen) atoms. The molecule has 6 heteroatoms. The Labute approximate surface area is 77.2 Å². The molecule has 1 aromatic rings. The van der Waals surface area contributed by atoms with Crippen molar-refractivity contribution in [1.29, 1.82) is 0 Å². The van der Waals surface area contributed by atoms with E-state index in [-0.39, 0.29) is 6.42 Å². The quantitative estimate of drug-likeness (QED) is 0.597. The Morgan fingerprint density at radius 3 is 1.93 bits per heavy atom. The Kier molecular flexibility index (Phi) is 3.05. The van der Waals surface area contributed by atoms with Gasteiger partial charge in [-0.25, -0.2) is 8.78 Å². The van der Waals surface area contributed by atoms with Gasteiger partial charge in [0, 0.05) is 0 Å². The zero-order valence-corrected chi connectivity index (χ0v) is 7.19. The van der Waals surface area contributed by atoms with Crippen LogP contribution in [0.15, 0.2) is 0 Å². The molecule has 1 aromatic heterocycles. The molecule has 0 amide bonds. The molecule has 0 radical (unpaired) electrons. The number of nitrogens with zero attached hydrogens (tertiary/aromatic N) is 1. The van der Waals surface area contributed by atoms with Crippen LogP contribution in [0, 0.1) is 23.5 Å². The standard InChI is InChI=1S/C8H7F4NO/c1-2-3(14)4-5(9)7(11)13-8(12)6(4)10/h3,14H,2H2,1H3. The van der Waals surface area contributed by atoms with Crippen LogP contribution in [-0.2, 0) is 0 Å². The molecule has 0 aliphatic rings. The monoisotopic (exact) mass is 209 g/mol. The van der Waals surface area contributed by atoms with E-state index in [9.17, 15) is 17.6 Å². The number of rotatable bonds is 2. The van der Waals surface area contributed by atoms with Gasteiger partial charge in [-0.3, -0.25) is 0 Å². The van der Waals surface area contributed by atoms with Crippen LogP contribution in [0.1, 0.15) is 25.0 Å². The first-order valence-electron chi connectivity index (χ1n) is 3.87. The SMILES string of the molecule is CCC(O)c1c(F)c(F)nc(F)c1F. The fraction of sp³-hybridized carbons (Fsp3) is 0.375. The van der Waals surface area contributed by atoms with E-state index < -0.39 is 35.2 Å². The summed E-state index contributed by atoms with van der Waals surface area (Å²) in [4.78, 5) is 2.36. The summed E-state index contributed by atoms with van der Waals surface area (Å²) >= 11 is 0. The maximum Gasteiger partial charge on any atom is 0.252 e. The highest BCUT2D eigenvalue weighted by Crippen LogP contribution is 2.25. The predicted octanol–water partition coefficient (Wildman–Crippen LogP) is 2.08. The zero-order valence-electron chi connectivity index (χ0n) is 7.19. The van der Waals surface area contributed by atoms with E-state index in [1.165, 1.54) is 6.92 Å². The van der Waals surface area contributed by atoms with Gasteiger partial charge in [0.1, 0.15) is 0 Å². The Balaban J connectivity index is 3.39. The number of hydrogen-bond donors (Lipinski definition) is 1. The molecule has 1 atom stereocenters. The third kappa shape index (κ3) is 1.70. The number of aromatic nitrogens is 1. The highest BCUT2D eigenvalue weighted by atomic mass is 19.2. The van der Waals surface area contributed by atoms with Crippen LogP contribution >= 0.6 is 0 Å². The molecule has 0 saturated heterocycles. The lowest BCUT2D eigenvalue weighted by atomic mass is 10.1. The van der Waals surface area contributed by atoms with E-state index in [4.69, 9.17) is 5.11 Å². The first-order valence-corrected chi connectivity index (χ1v) is 3.87. The van der Waals surface area contributed by atoms with Crippen LogP contribution in [0.3, 0.4) is 0 Å². The third-order valence-corrected chi connectivity index (χ3v) is 1.75. The average Bonchev–Trinajstić information content (AvgIpc) is 2.15. The fourth-order valence-corrected chi connectivity index (χ4v) is 1.000. The largest absolute Gasteiger partial charge is 0.388 e. The van der Waals surface area contributed by atoms with E-state index >= 15 is 0 Å². The van der Waals surface area contributed by atoms with Crippen molar-refractivity contribution in [3.05, 3.63) is 29.1 Å². The van der Waals surface area contributed by atoms with Crippen molar-refractivity contribution in [2.45, 2.75) is 19.4 Å². The summed E-state index contributed by atoms with van der Waals surface area (Å²) in [7, 11) is 0. The van der Waals surface area contributed by atoms with Gasteiger partial charge in [-0.1, -0.05) is 6.92 Å². The van der Waals surface area contributed by atoms with Crippen molar-refractivity contribution in [1.82, 2.24) is 4.98 Å². The minimum atomic E-state index is -1.76. The summed E-state index contributed by atoms with van der Waals surface area (Å²) in [6.45, 7) is 1.42. The van der Waals surface area contributed by atoms with Gasteiger partial charge in [0.2, 0.25) is 0 Å². The van der Waals surface area contributed by atoms with E-state index in [0.29, 0.717) is 0 Å². The van der Waals surface area contributed by atoms with E-state index in [1.807, 2.05) is 0 Å². The highest BCUT2D eigenvalue weighted by Gasteiger charge is 2.24. The number of hydrogen-bond acceptors (Lipinski definition) is 2. The predicted molar refractivity (Wildman–Crippen MR) is 39.3 cm³/mol. The zero-order chi connectivity index (χ0) is 10.9. The first-order chi connectivity index (χ1) is 6.49. The number of halogens is 4. The fourth-order valence-electron chi connectivity index (χ4n) is 1.000. The molecule has 0 aromatic carbocycles. The van der Waals surface area contributed by atoms with Gasteiger partial charge in [0.15, 0.2) is 11.6 Å². The van der Waals surface area contributed by atoms with Gasteiger partial charge in [-0.05, 0) is 6.42 Å². The minimum absolute atomic E-state index is 0.0588. The molecule has 78 valence electrons. The maximum atomic E-state index is 12.9. The van der Waals surface area contributed by atoms with Gasteiger partial charge in [0.25, 0.3) is 11.9 Å². The average molecular weight is 209 g/mol. The molecule has 1 unspecified atom stereocenters. The number of aliphatic hydroxyl groups excluding tert-OH is 1.